The van der Waals surface area contributed by atoms with Crippen LogP contribution in [0.15, 0.2) is 36.9 Å². The van der Waals surface area contributed by atoms with Crippen LogP contribution in [0.4, 0.5) is 5.69 Å². The summed E-state index contributed by atoms with van der Waals surface area (Å²) in [5.74, 6) is -0.126. The third-order valence-electron chi connectivity index (χ3n) is 2.39. The van der Waals surface area contributed by atoms with Gasteiger partial charge in [0.1, 0.15) is 5.75 Å². The normalized spacial score (nSPS) is 10.3. The first-order valence-corrected chi connectivity index (χ1v) is 5.77. The largest absolute Gasteiger partial charge is 0.506 e. The molecule has 2 rings (SSSR count). The first-order chi connectivity index (χ1) is 8.65. The number of phenolic OH excluding ortho intramolecular Hbond substituents is 1. The molecule has 6 heteroatoms. The van der Waals surface area contributed by atoms with Crippen molar-refractivity contribution in [2.24, 2.45) is 0 Å². The van der Waals surface area contributed by atoms with Crippen LogP contribution in [0.25, 0.3) is 0 Å². The van der Waals surface area contributed by atoms with E-state index in [0.29, 0.717) is 18.7 Å². The summed E-state index contributed by atoms with van der Waals surface area (Å²) in [6.07, 6.45) is 5.46. The molecule has 0 aliphatic heterocycles. The molecule has 94 valence electrons. The van der Waals surface area contributed by atoms with Gasteiger partial charge in [-0.05, 0) is 18.2 Å². The zero-order chi connectivity index (χ0) is 13.0. The van der Waals surface area contributed by atoms with Crippen molar-refractivity contribution in [1.29, 1.82) is 0 Å². The van der Waals surface area contributed by atoms with E-state index >= 15 is 0 Å². The average molecular weight is 266 g/mol. The Morgan fingerprint density at radius 1 is 1.50 bits per heavy atom. The fourth-order valence-electron chi connectivity index (χ4n) is 1.46. The molecule has 0 unspecified atom stereocenters. The van der Waals surface area contributed by atoms with E-state index in [1.54, 1.807) is 24.8 Å². The van der Waals surface area contributed by atoms with E-state index < -0.39 is 0 Å². The quantitative estimate of drug-likeness (QED) is 0.834. The van der Waals surface area contributed by atoms with Gasteiger partial charge in [0.05, 0.1) is 11.3 Å². The van der Waals surface area contributed by atoms with Crippen LogP contribution in [-0.4, -0.2) is 20.6 Å². The maximum atomic E-state index is 11.7. The van der Waals surface area contributed by atoms with E-state index in [2.05, 4.69) is 10.3 Å². The summed E-state index contributed by atoms with van der Waals surface area (Å²) >= 11 is 5.74. The molecule has 0 fully saturated rings. The Balaban J connectivity index is 1.88. The highest BCUT2D eigenvalue weighted by atomic mass is 35.5. The van der Waals surface area contributed by atoms with Gasteiger partial charge in [0.2, 0.25) is 5.91 Å². The number of carbonyl (C=O) groups is 1. The molecule has 0 saturated heterocycles. The molecule has 0 aliphatic carbocycles. The third kappa shape index (κ3) is 3.24. The Morgan fingerprint density at radius 2 is 2.33 bits per heavy atom. The highest BCUT2D eigenvalue weighted by molar-refractivity contribution is 6.32. The summed E-state index contributed by atoms with van der Waals surface area (Å²) in [5, 5.41) is 12.2. The van der Waals surface area contributed by atoms with Gasteiger partial charge < -0.3 is 15.0 Å². The molecular formula is C12H12ClN3O2. The molecule has 5 nitrogen and oxygen atoms in total. The fourth-order valence-corrected chi connectivity index (χ4v) is 1.64. The van der Waals surface area contributed by atoms with E-state index in [0.717, 1.165) is 0 Å². The number of amides is 1. The Morgan fingerprint density at radius 3 is 3.00 bits per heavy atom. The third-order valence-corrected chi connectivity index (χ3v) is 2.69. The molecule has 1 aromatic carbocycles. The second kappa shape index (κ2) is 5.55. The number of imidazole rings is 1. The standard InChI is InChI=1S/C12H12ClN3O2/c13-10-7-9(1-2-11(10)17)15-12(18)3-5-16-6-4-14-8-16/h1-2,4,6-8,17H,3,5H2,(H,15,18). The summed E-state index contributed by atoms with van der Waals surface area (Å²) in [4.78, 5) is 15.5. The molecule has 0 aliphatic rings. The Kier molecular flexibility index (Phi) is 3.84. The maximum absolute atomic E-state index is 11.7. The Labute approximate surface area is 109 Å². The van der Waals surface area contributed by atoms with Gasteiger partial charge in [0.25, 0.3) is 0 Å². The number of hydrogen-bond acceptors (Lipinski definition) is 3. The van der Waals surface area contributed by atoms with Crippen LogP contribution in [-0.2, 0) is 11.3 Å². The number of carbonyl (C=O) groups excluding carboxylic acids is 1. The van der Waals surface area contributed by atoms with Gasteiger partial charge in [0.15, 0.2) is 0 Å². The first-order valence-electron chi connectivity index (χ1n) is 5.39. The van der Waals surface area contributed by atoms with Crippen molar-refractivity contribution >= 4 is 23.2 Å². The fraction of sp³-hybridized carbons (Fsp3) is 0.167. The molecule has 0 saturated carbocycles. The highest BCUT2D eigenvalue weighted by Crippen LogP contribution is 2.26. The molecule has 2 aromatic rings. The monoisotopic (exact) mass is 265 g/mol. The number of nitrogens with zero attached hydrogens (tertiary/aromatic N) is 2. The van der Waals surface area contributed by atoms with E-state index in [-0.39, 0.29) is 16.7 Å². The van der Waals surface area contributed by atoms with Crippen molar-refractivity contribution in [3.05, 3.63) is 41.9 Å². The summed E-state index contributed by atoms with van der Waals surface area (Å²) in [7, 11) is 0. The predicted molar refractivity (Wildman–Crippen MR) is 68.6 cm³/mol. The highest BCUT2D eigenvalue weighted by Gasteiger charge is 2.05. The van der Waals surface area contributed by atoms with Crippen LogP contribution in [0.2, 0.25) is 5.02 Å². The summed E-state index contributed by atoms with van der Waals surface area (Å²) < 4.78 is 1.82. The minimum absolute atomic E-state index is 0.00641. The lowest BCUT2D eigenvalue weighted by molar-refractivity contribution is -0.116. The van der Waals surface area contributed by atoms with Gasteiger partial charge >= 0.3 is 0 Å². The zero-order valence-corrected chi connectivity index (χ0v) is 10.3. The molecular weight excluding hydrogens is 254 g/mol. The van der Waals surface area contributed by atoms with Crippen molar-refractivity contribution in [3.63, 3.8) is 0 Å². The number of phenols is 1. The van der Waals surface area contributed by atoms with Gasteiger partial charge in [0, 0.05) is 31.0 Å². The van der Waals surface area contributed by atoms with Gasteiger partial charge in [-0.25, -0.2) is 4.98 Å². The summed E-state index contributed by atoms with van der Waals surface area (Å²) in [6, 6.07) is 4.54. The Hall–Kier alpha value is -2.01. The smallest absolute Gasteiger partial charge is 0.226 e. The molecule has 2 N–H and O–H groups in total. The number of halogens is 1. The Bertz CT molecular complexity index is 540. The van der Waals surface area contributed by atoms with E-state index in [1.807, 2.05) is 4.57 Å². The van der Waals surface area contributed by atoms with Crippen LogP contribution >= 0.6 is 11.6 Å². The van der Waals surface area contributed by atoms with E-state index in [1.165, 1.54) is 12.1 Å². The second-order valence-corrected chi connectivity index (χ2v) is 4.17. The van der Waals surface area contributed by atoms with Crippen molar-refractivity contribution in [3.8, 4) is 5.75 Å². The van der Waals surface area contributed by atoms with Crippen LogP contribution < -0.4 is 5.32 Å². The number of nitrogens with one attached hydrogen (secondary N) is 1. The van der Waals surface area contributed by atoms with Gasteiger partial charge in [-0.2, -0.15) is 0 Å². The number of anilines is 1. The van der Waals surface area contributed by atoms with Crippen molar-refractivity contribution in [2.45, 2.75) is 13.0 Å². The zero-order valence-electron chi connectivity index (χ0n) is 9.51. The number of aryl methyl sites for hydroxylation is 1. The topological polar surface area (TPSA) is 67.2 Å². The minimum Gasteiger partial charge on any atom is -0.506 e. The molecule has 0 radical (unpaired) electrons. The van der Waals surface area contributed by atoms with E-state index in [9.17, 15) is 9.90 Å². The average Bonchev–Trinajstić information content (AvgIpc) is 2.84. The van der Waals surface area contributed by atoms with Crippen LogP contribution in [0.5, 0.6) is 5.75 Å². The summed E-state index contributed by atoms with van der Waals surface area (Å²) in [6.45, 7) is 0.567. The maximum Gasteiger partial charge on any atom is 0.226 e. The SMILES string of the molecule is O=C(CCn1ccnc1)Nc1ccc(O)c(Cl)c1. The number of benzene rings is 1. The number of aromatic nitrogens is 2. The van der Waals surface area contributed by atoms with Crippen LogP contribution in [0, 0.1) is 0 Å². The van der Waals surface area contributed by atoms with Crippen molar-refractivity contribution in [1.82, 2.24) is 9.55 Å². The number of rotatable bonds is 4. The minimum atomic E-state index is -0.120. The lowest BCUT2D eigenvalue weighted by Gasteiger charge is -2.06. The lowest BCUT2D eigenvalue weighted by atomic mass is 10.3. The first kappa shape index (κ1) is 12.4. The molecule has 1 aromatic heterocycles. The number of aromatic hydroxyl groups is 1. The number of hydrogen-bond donors (Lipinski definition) is 2. The van der Waals surface area contributed by atoms with Crippen LogP contribution in [0.3, 0.4) is 0 Å². The second-order valence-electron chi connectivity index (χ2n) is 3.76. The van der Waals surface area contributed by atoms with Crippen LogP contribution in [0.1, 0.15) is 6.42 Å². The van der Waals surface area contributed by atoms with Gasteiger partial charge in [-0.3, -0.25) is 4.79 Å². The molecule has 1 heterocycles. The molecule has 18 heavy (non-hydrogen) atoms. The summed E-state index contributed by atoms with van der Waals surface area (Å²) in [5.41, 5.74) is 0.563. The molecule has 0 spiro atoms. The van der Waals surface area contributed by atoms with E-state index in [4.69, 9.17) is 11.6 Å². The van der Waals surface area contributed by atoms with Crippen molar-refractivity contribution in [2.75, 3.05) is 5.32 Å². The van der Waals surface area contributed by atoms with Crippen molar-refractivity contribution < 1.29 is 9.90 Å². The molecule has 0 bridgehead atoms. The molecule has 1 amide bonds. The van der Waals surface area contributed by atoms with Gasteiger partial charge in [-0.1, -0.05) is 11.6 Å². The predicted octanol–water partition coefficient (Wildman–Crippen LogP) is 2.27. The van der Waals surface area contributed by atoms with Gasteiger partial charge in [-0.15, -0.1) is 0 Å². The molecule has 0 atom stereocenters. The lowest BCUT2D eigenvalue weighted by Crippen LogP contribution is -2.13.